The van der Waals surface area contributed by atoms with Crippen LogP contribution in [0.15, 0.2) is 24.3 Å². The lowest BCUT2D eigenvalue weighted by molar-refractivity contribution is -0.121. The van der Waals surface area contributed by atoms with Crippen LogP contribution < -0.4 is 10.1 Å². The number of carbonyl (C=O) groups excluding carboxylic acids is 1. The number of hydrogen-bond acceptors (Lipinski definition) is 3. The third-order valence-corrected chi connectivity index (χ3v) is 2.54. The Kier molecular flexibility index (Phi) is 5.22. The van der Waals surface area contributed by atoms with Crippen molar-refractivity contribution in [2.45, 2.75) is 20.0 Å². The van der Waals surface area contributed by atoms with Crippen molar-refractivity contribution in [3.8, 4) is 17.6 Å². The summed E-state index contributed by atoms with van der Waals surface area (Å²) in [4.78, 5) is 11.8. The fourth-order valence-electron chi connectivity index (χ4n) is 1.35. The number of amides is 1. The molecule has 1 amide bonds. The summed E-state index contributed by atoms with van der Waals surface area (Å²) in [6.07, 6.45) is -0.951. The molecule has 2 unspecified atom stereocenters. The van der Waals surface area contributed by atoms with Crippen LogP contribution in [-0.2, 0) is 4.79 Å². The van der Waals surface area contributed by atoms with E-state index < -0.39 is 12.0 Å². The van der Waals surface area contributed by atoms with E-state index in [2.05, 4.69) is 17.2 Å². The third kappa shape index (κ3) is 3.79. The molecule has 0 radical (unpaired) electrons. The maximum absolute atomic E-state index is 11.8. The van der Waals surface area contributed by atoms with E-state index in [-0.39, 0.29) is 5.91 Å². The molecule has 0 bridgehead atoms. The first kappa shape index (κ1) is 14.1. The van der Waals surface area contributed by atoms with E-state index in [0.29, 0.717) is 5.69 Å². The van der Waals surface area contributed by atoms with E-state index in [1.165, 1.54) is 0 Å². The molecule has 4 nitrogen and oxygen atoms in total. The molecular formula is C14H17NO3. The molecule has 1 aromatic rings. The molecule has 2 atom stereocenters. The number of aliphatic hydroxyl groups is 1. The van der Waals surface area contributed by atoms with E-state index >= 15 is 0 Å². The minimum atomic E-state index is -0.951. The summed E-state index contributed by atoms with van der Waals surface area (Å²) >= 11 is 0. The highest BCUT2D eigenvalue weighted by atomic mass is 16.5. The number of anilines is 1. The molecule has 18 heavy (non-hydrogen) atoms. The van der Waals surface area contributed by atoms with Gasteiger partial charge in [0.25, 0.3) is 0 Å². The zero-order valence-electron chi connectivity index (χ0n) is 10.7. The lowest BCUT2D eigenvalue weighted by atomic mass is 10.0. The minimum Gasteiger partial charge on any atom is -0.497 e. The summed E-state index contributed by atoms with van der Waals surface area (Å²) in [5.74, 6) is 5.01. The number of rotatable bonds is 4. The average Bonchev–Trinajstić information content (AvgIpc) is 2.39. The Morgan fingerprint density at radius 1 is 1.39 bits per heavy atom. The van der Waals surface area contributed by atoms with Crippen LogP contribution in [0, 0.1) is 17.8 Å². The molecule has 2 N–H and O–H groups in total. The molecule has 0 aliphatic carbocycles. The molecule has 96 valence electrons. The lowest BCUT2D eigenvalue weighted by Gasteiger charge is -2.14. The van der Waals surface area contributed by atoms with Gasteiger partial charge >= 0.3 is 0 Å². The van der Waals surface area contributed by atoms with Gasteiger partial charge in [0, 0.05) is 5.69 Å². The molecule has 0 fully saturated rings. The second-order valence-corrected chi connectivity index (χ2v) is 3.85. The van der Waals surface area contributed by atoms with Crippen LogP contribution in [0.5, 0.6) is 5.75 Å². The minimum absolute atomic E-state index is 0.268. The van der Waals surface area contributed by atoms with Crippen molar-refractivity contribution in [3.63, 3.8) is 0 Å². The van der Waals surface area contributed by atoms with E-state index in [4.69, 9.17) is 4.74 Å². The summed E-state index contributed by atoms with van der Waals surface area (Å²) in [6.45, 7) is 3.26. The largest absolute Gasteiger partial charge is 0.497 e. The molecule has 4 heteroatoms. The van der Waals surface area contributed by atoms with Crippen LogP contribution in [0.3, 0.4) is 0 Å². The van der Waals surface area contributed by atoms with Crippen LogP contribution in [0.25, 0.3) is 0 Å². The van der Waals surface area contributed by atoms with E-state index in [9.17, 15) is 9.90 Å². The van der Waals surface area contributed by atoms with Crippen molar-refractivity contribution in [1.29, 1.82) is 0 Å². The maximum Gasteiger partial charge on any atom is 0.230 e. The second kappa shape index (κ2) is 6.67. The van der Waals surface area contributed by atoms with Gasteiger partial charge in [0.2, 0.25) is 5.91 Å². The highest BCUT2D eigenvalue weighted by molar-refractivity contribution is 5.93. The van der Waals surface area contributed by atoms with Gasteiger partial charge in [-0.3, -0.25) is 4.79 Å². The van der Waals surface area contributed by atoms with Crippen molar-refractivity contribution in [2.75, 3.05) is 12.4 Å². The van der Waals surface area contributed by atoms with Gasteiger partial charge in [-0.25, -0.2) is 0 Å². The monoisotopic (exact) mass is 247 g/mol. The fourth-order valence-corrected chi connectivity index (χ4v) is 1.35. The zero-order chi connectivity index (χ0) is 13.5. The zero-order valence-corrected chi connectivity index (χ0v) is 10.7. The predicted octanol–water partition coefficient (Wildman–Crippen LogP) is 1.65. The SMILES string of the molecule is CC#CC(O)C(C)C(=O)Nc1ccc(OC)cc1. The van der Waals surface area contributed by atoms with Gasteiger partial charge in [-0.2, -0.15) is 0 Å². The van der Waals surface area contributed by atoms with Gasteiger partial charge < -0.3 is 15.2 Å². The number of carbonyl (C=O) groups is 1. The number of hydrogen-bond donors (Lipinski definition) is 2. The highest BCUT2D eigenvalue weighted by Crippen LogP contribution is 2.16. The van der Waals surface area contributed by atoms with E-state index in [1.807, 2.05) is 0 Å². The molecule has 0 aromatic heterocycles. The number of benzene rings is 1. The molecule has 0 saturated carbocycles. The molecule has 0 heterocycles. The Hall–Kier alpha value is -1.99. The van der Waals surface area contributed by atoms with Gasteiger partial charge in [0.15, 0.2) is 0 Å². The van der Waals surface area contributed by atoms with Gasteiger partial charge in [-0.1, -0.05) is 12.8 Å². The Morgan fingerprint density at radius 3 is 2.50 bits per heavy atom. The van der Waals surface area contributed by atoms with Gasteiger partial charge in [0.05, 0.1) is 13.0 Å². The molecule has 0 aliphatic rings. The van der Waals surface area contributed by atoms with Crippen LogP contribution in [-0.4, -0.2) is 24.2 Å². The molecular weight excluding hydrogens is 230 g/mol. The van der Waals surface area contributed by atoms with Crippen molar-refractivity contribution < 1.29 is 14.6 Å². The Labute approximate surface area is 107 Å². The van der Waals surface area contributed by atoms with Crippen LogP contribution in [0.4, 0.5) is 5.69 Å². The van der Waals surface area contributed by atoms with Crippen LogP contribution in [0.1, 0.15) is 13.8 Å². The number of aliphatic hydroxyl groups excluding tert-OH is 1. The van der Waals surface area contributed by atoms with Gasteiger partial charge in [-0.05, 0) is 31.2 Å². The quantitative estimate of drug-likeness (QED) is 0.795. The Bertz CT molecular complexity index is 456. The first-order chi connectivity index (χ1) is 8.58. The fraction of sp³-hybridized carbons (Fsp3) is 0.357. The number of ether oxygens (including phenoxy) is 1. The van der Waals surface area contributed by atoms with Gasteiger partial charge in [-0.15, -0.1) is 5.92 Å². The van der Waals surface area contributed by atoms with E-state index in [1.54, 1.807) is 45.2 Å². The van der Waals surface area contributed by atoms with Gasteiger partial charge in [0.1, 0.15) is 11.9 Å². The van der Waals surface area contributed by atoms with E-state index in [0.717, 1.165) is 5.75 Å². The molecule has 1 aromatic carbocycles. The molecule has 0 spiro atoms. The van der Waals surface area contributed by atoms with Crippen LogP contribution >= 0.6 is 0 Å². The Morgan fingerprint density at radius 2 is 2.00 bits per heavy atom. The summed E-state index contributed by atoms with van der Waals surface area (Å²) in [5, 5.41) is 12.3. The first-order valence-electron chi connectivity index (χ1n) is 5.63. The normalized spacial score (nSPS) is 12.9. The standard InChI is InChI=1S/C14H17NO3/c1-4-5-13(16)10(2)14(17)15-11-6-8-12(18-3)9-7-11/h6-10,13,16H,1-3H3,(H,15,17). The molecule has 0 saturated heterocycles. The first-order valence-corrected chi connectivity index (χ1v) is 5.63. The number of nitrogens with one attached hydrogen (secondary N) is 1. The summed E-state index contributed by atoms with van der Waals surface area (Å²) < 4.78 is 5.02. The Balaban J connectivity index is 2.65. The summed E-state index contributed by atoms with van der Waals surface area (Å²) in [5.41, 5.74) is 0.657. The molecule has 0 aliphatic heterocycles. The smallest absolute Gasteiger partial charge is 0.230 e. The van der Waals surface area contributed by atoms with Crippen molar-refractivity contribution in [3.05, 3.63) is 24.3 Å². The highest BCUT2D eigenvalue weighted by Gasteiger charge is 2.20. The van der Waals surface area contributed by atoms with Crippen molar-refractivity contribution in [2.24, 2.45) is 5.92 Å². The predicted molar refractivity (Wildman–Crippen MR) is 70.2 cm³/mol. The summed E-state index contributed by atoms with van der Waals surface area (Å²) in [6, 6.07) is 6.98. The maximum atomic E-state index is 11.8. The van der Waals surface area contributed by atoms with Crippen molar-refractivity contribution in [1.82, 2.24) is 0 Å². The topological polar surface area (TPSA) is 58.6 Å². The lowest BCUT2D eigenvalue weighted by Crippen LogP contribution is -2.29. The third-order valence-electron chi connectivity index (χ3n) is 2.54. The second-order valence-electron chi connectivity index (χ2n) is 3.85. The van der Waals surface area contributed by atoms with Crippen molar-refractivity contribution >= 4 is 11.6 Å². The summed E-state index contributed by atoms with van der Waals surface area (Å²) in [7, 11) is 1.58. The average molecular weight is 247 g/mol. The molecule has 1 rings (SSSR count). The number of methoxy groups -OCH3 is 1. The van der Waals surface area contributed by atoms with Crippen LogP contribution in [0.2, 0.25) is 0 Å².